The zero-order chi connectivity index (χ0) is 14.5. The molecule has 0 aliphatic carbocycles. The molecule has 1 heterocycles. The Morgan fingerprint density at radius 1 is 1.20 bits per heavy atom. The van der Waals surface area contributed by atoms with Crippen LogP contribution < -0.4 is 9.47 Å². The van der Waals surface area contributed by atoms with E-state index >= 15 is 0 Å². The Morgan fingerprint density at radius 2 is 1.90 bits per heavy atom. The fraction of sp³-hybridized carbons (Fsp3) is 0.357. The van der Waals surface area contributed by atoms with Gasteiger partial charge in [-0.3, -0.25) is 0 Å². The van der Waals surface area contributed by atoms with Gasteiger partial charge in [0.15, 0.2) is 23.1 Å². The maximum atomic E-state index is 5.48. The summed E-state index contributed by atoms with van der Waals surface area (Å²) < 4.78 is 12.5. The van der Waals surface area contributed by atoms with Crippen LogP contribution >= 0.6 is 0 Å². The van der Waals surface area contributed by atoms with Gasteiger partial charge in [-0.25, -0.2) is 4.68 Å². The summed E-state index contributed by atoms with van der Waals surface area (Å²) in [6.45, 7) is 6.25. The first kappa shape index (κ1) is 14.0. The lowest BCUT2D eigenvalue weighted by atomic mass is 10.2. The minimum atomic E-state index is 0.600. The molecule has 1 aromatic heterocycles. The quantitative estimate of drug-likeness (QED) is 0.784. The molecule has 6 heteroatoms. The number of nitrogens with zero attached hydrogens (tertiary/aromatic N) is 4. The van der Waals surface area contributed by atoms with E-state index in [1.54, 1.807) is 18.0 Å². The van der Waals surface area contributed by atoms with Crippen LogP contribution in [0.3, 0.4) is 0 Å². The number of hydrogen-bond donors (Lipinski definition) is 0. The molecule has 0 radical (unpaired) electrons. The second kappa shape index (κ2) is 6.18. The zero-order valence-corrected chi connectivity index (χ0v) is 12.1. The highest BCUT2D eigenvalue weighted by Gasteiger charge is 2.05. The summed E-state index contributed by atoms with van der Waals surface area (Å²) in [6.07, 6.45) is 1.74. The van der Waals surface area contributed by atoms with Gasteiger partial charge in [0.05, 0.1) is 19.9 Å². The molecule has 0 saturated carbocycles. The van der Waals surface area contributed by atoms with E-state index in [-0.39, 0.29) is 0 Å². The average Bonchev–Trinajstić information content (AvgIpc) is 2.77. The van der Waals surface area contributed by atoms with Crippen LogP contribution in [0.2, 0.25) is 0 Å². The van der Waals surface area contributed by atoms with Crippen LogP contribution in [0, 0.1) is 13.8 Å². The second-order valence-electron chi connectivity index (χ2n) is 4.19. The first-order valence-corrected chi connectivity index (χ1v) is 6.39. The molecule has 2 aromatic rings. The summed E-state index contributed by atoms with van der Waals surface area (Å²) >= 11 is 0. The number of rotatable bonds is 5. The van der Waals surface area contributed by atoms with Gasteiger partial charge in [-0.15, -0.1) is 10.2 Å². The van der Waals surface area contributed by atoms with E-state index in [0.29, 0.717) is 12.4 Å². The molecule has 0 unspecified atom stereocenters. The number of ether oxygens (including phenoxy) is 2. The number of benzene rings is 1. The zero-order valence-electron chi connectivity index (χ0n) is 12.1. The van der Waals surface area contributed by atoms with Crippen molar-refractivity contribution in [2.24, 2.45) is 5.10 Å². The summed E-state index contributed by atoms with van der Waals surface area (Å²) in [5.74, 6) is 2.91. The molecule has 20 heavy (non-hydrogen) atoms. The van der Waals surface area contributed by atoms with Crippen molar-refractivity contribution in [3.8, 4) is 11.5 Å². The van der Waals surface area contributed by atoms with Gasteiger partial charge in [-0.2, -0.15) is 5.10 Å². The van der Waals surface area contributed by atoms with Gasteiger partial charge in [-0.05, 0) is 44.5 Å². The Labute approximate surface area is 118 Å². The van der Waals surface area contributed by atoms with E-state index in [0.717, 1.165) is 23.0 Å². The topological polar surface area (TPSA) is 61.5 Å². The molecule has 0 aliphatic rings. The minimum absolute atomic E-state index is 0.600. The fourth-order valence-electron chi connectivity index (χ4n) is 1.79. The Morgan fingerprint density at radius 3 is 2.50 bits per heavy atom. The largest absolute Gasteiger partial charge is 0.493 e. The molecule has 106 valence electrons. The summed E-state index contributed by atoms with van der Waals surface area (Å²) in [4.78, 5) is 0. The molecule has 0 bridgehead atoms. The third-order valence-electron chi connectivity index (χ3n) is 2.76. The molecule has 0 atom stereocenters. The van der Waals surface area contributed by atoms with Gasteiger partial charge in [0, 0.05) is 0 Å². The molecular weight excluding hydrogens is 256 g/mol. The van der Waals surface area contributed by atoms with Gasteiger partial charge < -0.3 is 9.47 Å². The molecule has 6 nitrogen and oxygen atoms in total. The molecule has 2 rings (SSSR count). The van der Waals surface area contributed by atoms with E-state index in [1.165, 1.54) is 0 Å². The van der Waals surface area contributed by atoms with Crippen molar-refractivity contribution in [3.05, 3.63) is 35.4 Å². The fourth-order valence-corrected chi connectivity index (χ4v) is 1.79. The summed E-state index contributed by atoms with van der Waals surface area (Å²) in [5, 5.41) is 12.3. The molecule has 0 amide bonds. The summed E-state index contributed by atoms with van der Waals surface area (Å²) in [7, 11) is 1.62. The Bertz CT molecular complexity index is 600. The van der Waals surface area contributed by atoms with E-state index in [4.69, 9.17) is 9.47 Å². The van der Waals surface area contributed by atoms with Crippen LogP contribution in [0.25, 0.3) is 0 Å². The average molecular weight is 274 g/mol. The van der Waals surface area contributed by atoms with E-state index < -0.39 is 0 Å². The number of methoxy groups -OCH3 is 1. The highest BCUT2D eigenvalue weighted by molar-refractivity contribution is 5.80. The smallest absolute Gasteiger partial charge is 0.161 e. The Hall–Kier alpha value is -2.37. The standard InChI is InChI=1S/C14H18N4O2/c1-5-20-13-7-6-12(8-14(13)19-4)9-15-18-10(2)16-17-11(18)3/h6-9H,5H2,1-4H3/b15-9+. The van der Waals surface area contributed by atoms with Crippen LogP contribution in [-0.2, 0) is 0 Å². The van der Waals surface area contributed by atoms with Gasteiger partial charge in [0.25, 0.3) is 0 Å². The lowest BCUT2D eigenvalue weighted by Gasteiger charge is -2.09. The predicted molar refractivity (Wildman–Crippen MR) is 76.7 cm³/mol. The molecular formula is C14H18N4O2. The van der Waals surface area contributed by atoms with Crippen LogP contribution in [0.5, 0.6) is 11.5 Å². The van der Waals surface area contributed by atoms with Gasteiger partial charge in [0.2, 0.25) is 0 Å². The van der Waals surface area contributed by atoms with Gasteiger partial charge >= 0.3 is 0 Å². The number of hydrogen-bond acceptors (Lipinski definition) is 5. The normalized spacial score (nSPS) is 11.0. The van der Waals surface area contributed by atoms with Crippen molar-refractivity contribution < 1.29 is 9.47 Å². The summed E-state index contributed by atoms with van der Waals surface area (Å²) in [6, 6.07) is 5.67. The van der Waals surface area contributed by atoms with Gasteiger partial charge in [0.1, 0.15) is 0 Å². The van der Waals surface area contributed by atoms with Crippen LogP contribution in [0.4, 0.5) is 0 Å². The van der Waals surface area contributed by atoms with Crippen molar-refractivity contribution in [2.75, 3.05) is 13.7 Å². The lowest BCUT2D eigenvalue weighted by Crippen LogP contribution is -1.98. The van der Waals surface area contributed by atoms with Crippen molar-refractivity contribution in [2.45, 2.75) is 20.8 Å². The van der Waals surface area contributed by atoms with Crippen molar-refractivity contribution >= 4 is 6.21 Å². The maximum absolute atomic E-state index is 5.48. The maximum Gasteiger partial charge on any atom is 0.161 e. The second-order valence-corrected chi connectivity index (χ2v) is 4.19. The van der Waals surface area contributed by atoms with Crippen LogP contribution in [-0.4, -0.2) is 34.8 Å². The monoisotopic (exact) mass is 274 g/mol. The van der Waals surface area contributed by atoms with Crippen LogP contribution in [0.1, 0.15) is 24.1 Å². The molecule has 1 aromatic carbocycles. The molecule has 0 saturated heterocycles. The van der Waals surface area contributed by atoms with Gasteiger partial charge in [-0.1, -0.05) is 0 Å². The Balaban J connectivity index is 2.26. The predicted octanol–water partition coefficient (Wildman–Crippen LogP) is 2.18. The SMILES string of the molecule is CCOc1ccc(/C=N/n2c(C)nnc2C)cc1OC. The van der Waals surface area contributed by atoms with Crippen molar-refractivity contribution in [1.82, 2.24) is 14.9 Å². The first-order valence-electron chi connectivity index (χ1n) is 6.39. The minimum Gasteiger partial charge on any atom is -0.493 e. The molecule has 0 N–H and O–H groups in total. The Kier molecular flexibility index (Phi) is 4.34. The van der Waals surface area contributed by atoms with Crippen molar-refractivity contribution in [1.29, 1.82) is 0 Å². The van der Waals surface area contributed by atoms with E-state index in [1.807, 2.05) is 39.0 Å². The van der Waals surface area contributed by atoms with E-state index in [9.17, 15) is 0 Å². The summed E-state index contributed by atoms with van der Waals surface area (Å²) in [5.41, 5.74) is 0.915. The number of aromatic nitrogens is 3. The molecule has 0 spiro atoms. The van der Waals surface area contributed by atoms with Crippen molar-refractivity contribution in [3.63, 3.8) is 0 Å². The van der Waals surface area contributed by atoms with E-state index in [2.05, 4.69) is 15.3 Å². The number of aryl methyl sites for hydroxylation is 2. The molecule has 0 fully saturated rings. The first-order chi connectivity index (χ1) is 9.65. The highest BCUT2D eigenvalue weighted by Crippen LogP contribution is 2.27. The highest BCUT2D eigenvalue weighted by atomic mass is 16.5. The lowest BCUT2D eigenvalue weighted by molar-refractivity contribution is 0.311. The third-order valence-corrected chi connectivity index (χ3v) is 2.76. The molecule has 0 aliphatic heterocycles. The van der Waals surface area contributed by atoms with Crippen LogP contribution in [0.15, 0.2) is 23.3 Å². The third kappa shape index (κ3) is 2.96.